The maximum atomic E-state index is 12.5. The molecule has 1 atom stereocenters. The average Bonchev–Trinajstić information content (AvgIpc) is 2.47. The van der Waals surface area contributed by atoms with Crippen LogP contribution in [0.5, 0.6) is 0 Å². The highest BCUT2D eigenvalue weighted by Crippen LogP contribution is 2.29. The van der Waals surface area contributed by atoms with Crippen molar-refractivity contribution in [3.05, 3.63) is 0 Å². The molecule has 1 unspecified atom stereocenters. The van der Waals surface area contributed by atoms with Gasteiger partial charge in [0, 0.05) is 26.2 Å². The Morgan fingerprint density at radius 3 is 2.65 bits per heavy atom. The minimum absolute atomic E-state index is 0.151. The van der Waals surface area contributed by atoms with Gasteiger partial charge in [0.1, 0.15) is 0 Å². The van der Waals surface area contributed by atoms with Crippen LogP contribution in [0.2, 0.25) is 0 Å². The number of amides is 1. The summed E-state index contributed by atoms with van der Waals surface area (Å²) in [5, 5.41) is 6.41. The molecule has 1 amide bonds. The molecule has 0 aliphatic carbocycles. The minimum atomic E-state index is -0.338. The van der Waals surface area contributed by atoms with Crippen LogP contribution >= 0.6 is 0 Å². The summed E-state index contributed by atoms with van der Waals surface area (Å²) in [6.45, 7) is 8.29. The van der Waals surface area contributed by atoms with E-state index in [2.05, 4.69) is 36.4 Å². The van der Waals surface area contributed by atoms with Crippen molar-refractivity contribution in [1.82, 2.24) is 15.5 Å². The van der Waals surface area contributed by atoms with Crippen molar-refractivity contribution >= 4 is 5.91 Å². The first-order chi connectivity index (χ1) is 9.55. The van der Waals surface area contributed by atoms with E-state index >= 15 is 0 Å². The second-order valence-electron chi connectivity index (χ2n) is 5.96. The lowest BCUT2D eigenvalue weighted by Gasteiger charge is -2.35. The second kappa shape index (κ2) is 8.60. The molecular formula is C15H31N3O2. The van der Waals surface area contributed by atoms with E-state index in [4.69, 9.17) is 4.74 Å². The number of carbonyl (C=O) groups is 1. The van der Waals surface area contributed by atoms with Crippen molar-refractivity contribution in [2.75, 3.05) is 46.9 Å². The van der Waals surface area contributed by atoms with Crippen LogP contribution in [0.3, 0.4) is 0 Å². The third kappa shape index (κ3) is 4.72. The molecule has 1 heterocycles. The standard InChI is InChI=1S/C15H31N3O2/c1-5-13(2)18(3)11-10-17-14(19)15(12-20-4)6-8-16-9-7-15/h13,16H,5-12H2,1-4H3,(H,17,19). The van der Waals surface area contributed by atoms with Gasteiger partial charge in [-0.3, -0.25) is 4.79 Å². The fourth-order valence-corrected chi connectivity index (χ4v) is 2.68. The van der Waals surface area contributed by atoms with Gasteiger partial charge >= 0.3 is 0 Å². The Morgan fingerprint density at radius 2 is 2.10 bits per heavy atom. The van der Waals surface area contributed by atoms with E-state index in [1.807, 2.05) is 0 Å². The van der Waals surface area contributed by atoms with Crippen LogP contribution in [0.15, 0.2) is 0 Å². The molecule has 0 saturated carbocycles. The summed E-state index contributed by atoms with van der Waals surface area (Å²) >= 11 is 0. The van der Waals surface area contributed by atoms with E-state index in [0.717, 1.165) is 38.9 Å². The van der Waals surface area contributed by atoms with Gasteiger partial charge in [-0.25, -0.2) is 0 Å². The van der Waals surface area contributed by atoms with Gasteiger partial charge in [-0.05, 0) is 46.3 Å². The van der Waals surface area contributed by atoms with Crippen LogP contribution < -0.4 is 10.6 Å². The molecule has 0 aromatic rings. The molecule has 5 nitrogen and oxygen atoms in total. The SMILES string of the molecule is CCC(C)N(C)CCNC(=O)C1(COC)CCNCC1. The van der Waals surface area contributed by atoms with Gasteiger partial charge in [-0.1, -0.05) is 6.92 Å². The Labute approximate surface area is 123 Å². The average molecular weight is 285 g/mol. The summed E-state index contributed by atoms with van der Waals surface area (Å²) in [6.07, 6.45) is 2.84. The monoisotopic (exact) mass is 285 g/mol. The van der Waals surface area contributed by atoms with Crippen molar-refractivity contribution in [3.8, 4) is 0 Å². The van der Waals surface area contributed by atoms with E-state index in [1.54, 1.807) is 7.11 Å². The third-order valence-corrected chi connectivity index (χ3v) is 4.56. The first-order valence-electron chi connectivity index (χ1n) is 7.74. The number of rotatable bonds is 8. The largest absolute Gasteiger partial charge is 0.384 e. The molecule has 1 aliphatic heterocycles. The van der Waals surface area contributed by atoms with Gasteiger partial charge in [-0.15, -0.1) is 0 Å². The van der Waals surface area contributed by atoms with Crippen LogP contribution in [0.25, 0.3) is 0 Å². The molecular weight excluding hydrogens is 254 g/mol. The van der Waals surface area contributed by atoms with Crippen molar-refractivity contribution in [1.29, 1.82) is 0 Å². The maximum Gasteiger partial charge on any atom is 0.228 e. The van der Waals surface area contributed by atoms with Gasteiger partial charge in [0.25, 0.3) is 0 Å². The number of nitrogens with zero attached hydrogens (tertiary/aromatic N) is 1. The molecule has 0 bridgehead atoms. The summed E-state index contributed by atoms with van der Waals surface area (Å²) in [5.41, 5.74) is -0.338. The number of carbonyl (C=O) groups excluding carboxylic acids is 1. The summed E-state index contributed by atoms with van der Waals surface area (Å²) in [4.78, 5) is 14.8. The minimum Gasteiger partial charge on any atom is -0.384 e. The van der Waals surface area contributed by atoms with E-state index in [-0.39, 0.29) is 11.3 Å². The molecule has 20 heavy (non-hydrogen) atoms. The van der Waals surface area contributed by atoms with Crippen LogP contribution in [0, 0.1) is 5.41 Å². The highest BCUT2D eigenvalue weighted by molar-refractivity contribution is 5.83. The zero-order valence-electron chi connectivity index (χ0n) is 13.5. The van der Waals surface area contributed by atoms with Crippen molar-refractivity contribution in [3.63, 3.8) is 0 Å². The first-order valence-corrected chi connectivity index (χ1v) is 7.74. The summed E-state index contributed by atoms with van der Waals surface area (Å²) < 4.78 is 5.29. The lowest BCUT2D eigenvalue weighted by Crippen LogP contribution is -2.51. The quantitative estimate of drug-likeness (QED) is 0.694. The lowest BCUT2D eigenvalue weighted by molar-refractivity contribution is -0.136. The van der Waals surface area contributed by atoms with Gasteiger partial charge in [0.2, 0.25) is 5.91 Å². The predicted octanol–water partition coefficient (Wildman–Crippen LogP) is 0.849. The predicted molar refractivity (Wildman–Crippen MR) is 81.8 cm³/mol. The van der Waals surface area contributed by atoms with Crippen LogP contribution in [-0.2, 0) is 9.53 Å². The fourth-order valence-electron chi connectivity index (χ4n) is 2.68. The molecule has 1 aliphatic rings. The van der Waals surface area contributed by atoms with Crippen molar-refractivity contribution < 1.29 is 9.53 Å². The molecule has 0 aromatic carbocycles. The number of nitrogens with one attached hydrogen (secondary N) is 2. The summed E-state index contributed by atoms with van der Waals surface area (Å²) in [7, 11) is 3.78. The van der Waals surface area contributed by atoms with E-state index in [1.165, 1.54) is 0 Å². The Morgan fingerprint density at radius 1 is 1.45 bits per heavy atom. The molecule has 1 rings (SSSR count). The molecule has 1 fully saturated rings. The molecule has 0 radical (unpaired) electrons. The highest BCUT2D eigenvalue weighted by Gasteiger charge is 2.39. The normalized spacial score (nSPS) is 19.9. The third-order valence-electron chi connectivity index (χ3n) is 4.56. The zero-order valence-corrected chi connectivity index (χ0v) is 13.5. The van der Waals surface area contributed by atoms with Gasteiger partial charge in [0.05, 0.1) is 12.0 Å². The molecule has 118 valence electrons. The lowest BCUT2D eigenvalue weighted by atomic mass is 9.78. The number of likely N-dealkylation sites (N-methyl/N-ethyl adjacent to an activating group) is 1. The molecule has 2 N–H and O–H groups in total. The highest BCUT2D eigenvalue weighted by atomic mass is 16.5. The van der Waals surface area contributed by atoms with Gasteiger partial charge < -0.3 is 20.3 Å². The van der Waals surface area contributed by atoms with Crippen LogP contribution in [0.4, 0.5) is 0 Å². The van der Waals surface area contributed by atoms with Gasteiger partial charge in [-0.2, -0.15) is 0 Å². The number of hydrogen-bond donors (Lipinski definition) is 2. The van der Waals surface area contributed by atoms with Crippen molar-refractivity contribution in [2.24, 2.45) is 5.41 Å². The number of ether oxygens (including phenoxy) is 1. The molecule has 0 spiro atoms. The molecule has 1 saturated heterocycles. The second-order valence-corrected chi connectivity index (χ2v) is 5.96. The molecule has 0 aromatic heterocycles. The van der Waals surface area contributed by atoms with Crippen LogP contribution in [-0.4, -0.2) is 63.8 Å². The number of piperidine rings is 1. The smallest absolute Gasteiger partial charge is 0.228 e. The Balaban J connectivity index is 2.42. The Hall–Kier alpha value is -0.650. The zero-order chi connectivity index (χ0) is 15.0. The van der Waals surface area contributed by atoms with E-state index in [9.17, 15) is 4.79 Å². The number of hydrogen-bond acceptors (Lipinski definition) is 4. The van der Waals surface area contributed by atoms with Gasteiger partial charge in [0.15, 0.2) is 0 Å². The van der Waals surface area contributed by atoms with E-state index in [0.29, 0.717) is 19.2 Å². The van der Waals surface area contributed by atoms with Crippen molar-refractivity contribution in [2.45, 2.75) is 39.2 Å². The topological polar surface area (TPSA) is 53.6 Å². The first kappa shape index (κ1) is 17.4. The fraction of sp³-hybridized carbons (Fsp3) is 0.933. The molecule has 5 heteroatoms. The Kier molecular flexibility index (Phi) is 7.48. The number of methoxy groups -OCH3 is 1. The Bertz CT molecular complexity index is 285. The van der Waals surface area contributed by atoms with E-state index < -0.39 is 0 Å². The van der Waals surface area contributed by atoms with Crippen LogP contribution in [0.1, 0.15) is 33.1 Å². The summed E-state index contributed by atoms with van der Waals surface area (Å²) in [6, 6.07) is 0.554. The summed E-state index contributed by atoms with van der Waals surface area (Å²) in [5.74, 6) is 0.151. The maximum absolute atomic E-state index is 12.5.